The molecule has 1 radical (unpaired) electrons. The molecule has 1 aliphatic rings. The monoisotopic (exact) mass is 153 g/mol. The molecule has 65 valence electrons. The number of hydrogen-bond donors (Lipinski definition) is 0. The zero-order valence-electron chi connectivity index (χ0n) is 8.03. The zero-order chi connectivity index (χ0) is 8.32. The third-order valence-electron chi connectivity index (χ3n) is 2.76. The molecule has 11 heavy (non-hydrogen) atoms. The van der Waals surface area contributed by atoms with Crippen LogP contribution >= 0.6 is 0 Å². The molecule has 0 bridgehead atoms. The highest BCUT2D eigenvalue weighted by atomic mass is 14.3. The summed E-state index contributed by atoms with van der Waals surface area (Å²) in [6.45, 7) is 8.98. The first kappa shape index (κ1) is 9.09. The van der Waals surface area contributed by atoms with E-state index in [9.17, 15) is 0 Å². The maximum Gasteiger partial charge on any atom is -0.0295 e. The Bertz CT molecular complexity index is 107. The Balaban J connectivity index is 2.37. The molecule has 0 aromatic heterocycles. The fourth-order valence-electron chi connectivity index (χ4n) is 2.37. The van der Waals surface area contributed by atoms with Gasteiger partial charge in [-0.15, -0.1) is 0 Å². The molecule has 0 heteroatoms. The quantitative estimate of drug-likeness (QED) is 0.566. The van der Waals surface area contributed by atoms with Gasteiger partial charge in [0.25, 0.3) is 0 Å². The second-order valence-electron chi connectivity index (χ2n) is 4.66. The fraction of sp³-hybridized carbons (Fsp3) is 0.909. The molecular formula is C11H21. The van der Waals surface area contributed by atoms with Gasteiger partial charge in [0.05, 0.1) is 0 Å². The Morgan fingerprint density at radius 2 is 1.73 bits per heavy atom. The SMILES string of the molecule is [CH2]C1(CC(C)C)CCCCC1. The van der Waals surface area contributed by atoms with E-state index in [-0.39, 0.29) is 0 Å². The Morgan fingerprint density at radius 3 is 2.18 bits per heavy atom. The Hall–Kier alpha value is 0. The molecule has 0 aromatic carbocycles. The van der Waals surface area contributed by atoms with Gasteiger partial charge >= 0.3 is 0 Å². The highest BCUT2D eigenvalue weighted by Crippen LogP contribution is 2.40. The molecule has 1 saturated carbocycles. The van der Waals surface area contributed by atoms with Crippen LogP contribution < -0.4 is 0 Å². The maximum atomic E-state index is 4.37. The van der Waals surface area contributed by atoms with Gasteiger partial charge in [-0.25, -0.2) is 0 Å². The van der Waals surface area contributed by atoms with Crippen molar-refractivity contribution in [1.29, 1.82) is 0 Å². The molecule has 0 aromatic rings. The lowest BCUT2D eigenvalue weighted by atomic mass is 9.71. The van der Waals surface area contributed by atoms with Crippen LogP contribution in [0.3, 0.4) is 0 Å². The first-order valence-electron chi connectivity index (χ1n) is 4.98. The lowest BCUT2D eigenvalue weighted by Crippen LogP contribution is -2.22. The largest absolute Gasteiger partial charge is 0.0628 e. The van der Waals surface area contributed by atoms with E-state index in [4.69, 9.17) is 0 Å². The molecule has 1 fully saturated rings. The first-order valence-corrected chi connectivity index (χ1v) is 4.98. The van der Waals surface area contributed by atoms with Crippen LogP contribution in [-0.2, 0) is 0 Å². The molecule has 0 unspecified atom stereocenters. The molecule has 0 heterocycles. The predicted molar refractivity (Wildman–Crippen MR) is 50.3 cm³/mol. The van der Waals surface area contributed by atoms with Gasteiger partial charge in [-0.05, 0) is 37.5 Å². The summed E-state index contributed by atoms with van der Waals surface area (Å²) in [6.07, 6.45) is 8.32. The van der Waals surface area contributed by atoms with Crippen LogP contribution in [0.2, 0.25) is 0 Å². The van der Waals surface area contributed by atoms with Crippen LogP contribution in [0.1, 0.15) is 52.4 Å². The van der Waals surface area contributed by atoms with Crippen molar-refractivity contribution in [3.8, 4) is 0 Å². The second-order valence-corrected chi connectivity index (χ2v) is 4.66. The maximum absolute atomic E-state index is 4.37. The summed E-state index contributed by atoms with van der Waals surface area (Å²) >= 11 is 0. The van der Waals surface area contributed by atoms with E-state index in [2.05, 4.69) is 20.8 Å². The minimum Gasteiger partial charge on any atom is -0.0628 e. The lowest BCUT2D eigenvalue weighted by molar-refractivity contribution is 0.209. The molecule has 0 N–H and O–H groups in total. The molecule has 1 aliphatic carbocycles. The molecule has 0 atom stereocenters. The summed E-state index contributed by atoms with van der Waals surface area (Å²) in [4.78, 5) is 0. The van der Waals surface area contributed by atoms with Crippen LogP contribution in [0.25, 0.3) is 0 Å². The van der Waals surface area contributed by atoms with Crippen molar-refractivity contribution >= 4 is 0 Å². The standard InChI is InChI=1S/C11H21/c1-10(2)9-11(3)7-5-4-6-8-11/h10H,3-9H2,1-2H3. The summed E-state index contributed by atoms with van der Waals surface area (Å²) in [5, 5.41) is 0. The highest BCUT2D eigenvalue weighted by molar-refractivity contribution is 4.85. The van der Waals surface area contributed by atoms with Gasteiger partial charge in [-0.1, -0.05) is 33.1 Å². The van der Waals surface area contributed by atoms with Crippen LogP contribution in [-0.4, -0.2) is 0 Å². The third kappa shape index (κ3) is 2.84. The van der Waals surface area contributed by atoms with Crippen molar-refractivity contribution in [3.05, 3.63) is 6.92 Å². The van der Waals surface area contributed by atoms with Gasteiger partial charge in [0, 0.05) is 0 Å². The Kier molecular flexibility index (Phi) is 2.98. The summed E-state index contributed by atoms with van der Waals surface area (Å²) in [5.74, 6) is 0.825. The van der Waals surface area contributed by atoms with E-state index in [1.807, 2.05) is 0 Å². The fourth-order valence-corrected chi connectivity index (χ4v) is 2.37. The lowest BCUT2D eigenvalue weighted by Gasteiger charge is -2.34. The van der Waals surface area contributed by atoms with Crippen molar-refractivity contribution in [3.63, 3.8) is 0 Å². The number of rotatable bonds is 2. The Morgan fingerprint density at radius 1 is 1.18 bits per heavy atom. The van der Waals surface area contributed by atoms with Gasteiger partial charge in [-0.2, -0.15) is 0 Å². The third-order valence-corrected chi connectivity index (χ3v) is 2.76. The summed E-state index contributed by atoms with van der Waals surface area (Å²) < 4.78 is 0. The smallest absolute Gasteiger partial charge is 0.0295 e. The molecule has 0 spiro atoms. The van der Waals surface area contributed by atoms with Crippen molar-refractivity contribution < 1.29 is 0 Å². The van der Waals surface area contributed by atoms with Crippen molar-refractivity contribution in [2.75, 3.05) is 0 Å². The summed E-state index contributed by atoms with van der Waals surface area (Å²) in [7, 11) is 0. The van der Waals surface area contributed by atoms with E-state index in [1.54, 1.807) is 0 Å². The molecule has 0 nitrogen and oxygen atoms in total. The van der Waals surface area contributed by atoms with Crippen molar-refractivity contribution in [2.45, 2.75) is 52.4 Å². The zero-order valence-corrected chi connectivity index (χ0v) is 8.03. The normalized spacial score (nSPS) is 24.0. The second kappa shape index (κ2) is 3.60. The average Bonchev–Trinajstić information content (AvgIpc) is 1.85. The number of hydrogen-bond acceptors (Lipinski definition) is 0. The van der Waals surface area contributed by atoms with Gasteiger partial charge in [0.15, 0.2) is 0 Å². The van der Waals surface area contributed by atoms with Gasteiger partial charge in [-0.3, -0.25) is 0 Å². The summed E-state index contributed by atoms with van der Waals surface area (Å²) in [6, 6.07) is 0. The van der Waals surface area contributed by atoms with Crippen LogP contribution in [0, 0.1) is 18.3 Å². The van der Waals surface area contributed by atoms with E-state index in [0.29, 0.717) is 5.41 Å². The van der Waals surface area contributed by atoms with Gasteiger partial charge in [0.2, 0.25) is 0 Å². The minimum absolute atomic E-state index is 0.451. The first-order chi connectivity index (χ1) is 5.12. The molecular weight excluding hydrogens is 132 g/mol. The highest BCUT2D eigenvalue weighted by Gasteiger charge is 2.27. The van der Waals surface area contributed by atoms with E-state index in [0.717, 1.165) is 5.92 Å². The Labute approximate surface area is 71.4 Å². The molecule has 1 rings (SSSR count). The van der Waals surface area contributed by atoms with Gasteiger partial charge in [0.1, 0.15) is 0 Å². The minimum atomic E-state index is 0.451. The van der Waals surface area contributed by atoms with E-state index >= 15 is 0 Å². The van der Waals surface area contributed by atoms with Gasteiger partial charge < -0.3 is 0 Å². The predicted octanol–water partition coefficient (Wildman–Crippen LogP) is 3.82. The summed E-state index contributed by atoms with van der Waals surface area (Å²) in [5.41, 5.74) is 0.451. The molecule has 0 aliphatic heterocycles. The molecule has 0 amide bonds. The van der Waals surface area contributed by atoms with E-state index in [1.165, 1.54) is 38.5 Å². The average molecular weight is 153 g/mol. The van der Waals surface area contributed by atoms with Crippen LogP contribution in [0.15, 0.2) is 0 Å². The van der Waals surface area contributed by atoms with Crippen molar-refractivity contribution in [2.24, 2.45) is 11.3 Å². The van der Waals surface area contributed by atoms with E-state index < -0.39 is 0 Å². The molecule has 0 saturated heterocycles. The topological polar surface area (TPSA) is 0 Å². The van der Waals surface area contributed by atoms with Crippen LogP contribution in [0.5, 0.6) is 0 Å². The van der Waals surface area contributed by atoms with Crippen molar-refractivity contribution in [1.82, 2.24) is 0 Å². The van der Waals surface area contributed by atoms with Crippen LogP contribution in [0.4, 0.5) is 0 Å².